The van der Waals surface area contributed by atoms with Gasteiger partial charge in [-0.3, -0.25) is 4.99 Å². The lowest BCUT2D eigenvalue weighted by Gasteiger charge is -2.32. The zero-order valence-electron chi connectivity index (χ0n) is 15.3. The van der Waals surface area contributed by atoms with Crippen LogP contribution in [0.2, 0.25) is 0 Å². The van der Waals surface area contributed by atoms with Gasteiger partial charge in [-0.15, -0.1) is 0 Å². The van der Waals surface area contributed by atoms with E-state index in [1.807, 2.05) is 7.05 Å². The summed E-state index contributed by atoms with van der Waals surface area (Å²) < 4.78 is 0. The average Bonchev–Trinajstić information content (AvgIpc) is 2.55. The van der Waals surface area contributed by atoms with Crippen molar-refractivity contribution in [1.29, 1.82) is 0 Å². The molecule has 0 aromatic carbocycles. The van der Waals surface area contributed by atoms with Crippen LogP contribution in [0.5, 0.6) is 0 Å². The van der Waals surface area contributed by atoms with Crippen LogP contribution in [0.1, 0.15) is 65.7 Å². The van der Waals surface area contributed by atoms with Crippen LogP contribution < -0.4 is 10.6 Å². The van der Waals surface area contributed by atoms with Crippen LogP contribution in [0.15, 0.2) is 4.99 Å². The van der Waals surface area contributed by atoms with Gasteiger partial charge in [0, 0.05) is 26.2 Å². The molecule has 2 N–H and O–H groups in total. The first-order chi connectivity index (χ1) is 10.7. The van der Waals surface area contributed by atoms with Crippen LogP contribution in [0.25, 0.3) is 0 Å². The predicted molar refractivity (Wildman–Crippen MR) is 97.6 cm³/mol. The highest BCUT2D eigenvalue weighted by atomic mass is 15.2. The molecular weight excluding hydrogens is 272 g/mol. The zero-order chi connectivity index (χ0) is 16.2. The van der Waals surface area contributed by atoms with Gasteiger partial charge in [0.15, 0.2) is 5.96 Å². The van der Waals surface area contributed by atoms with Gasteiger partial charge in [0.25, 0.3) is 0 Å². The number of unbranched alkanes of at least 4 members (excludes halogenated alkanes) is 3. The summed E-state index contributed by atoms with van der Waals surface area (Å²) in [6, 6.07) is 0.501. The first kappa shape index (κ1) is 19.3. The van der Waals surface area contributed by atoms with E-state index in [4.69, 9.17) is 0 Å². The number of likely N-dealkylation sites (tertiary alicyclic amines) is 1. The summed E-state index contributed by atoms with van der Waals surface area (Å²) in [4.78, 5) is 6.93. The minimum atomic E-state index is 0.501. The van der Waals surface area contributed by atoms with Gasteiger partial charge in [-0.25, -0.2) is 0 Å². The zero-order valence-corrected chi connectivity index (χ0v) is 15.3. The molecule has 0 aliphatic carbocycles. The van der Waals surface area contributed by atoms with Crippen molar-refractivity contribution < 1.29 is 0 Å². The molecule has 0 radical (unpaired) electrons. The SMILES string of the molecule is CCCCCCC(C)NC(=NC)NCC1CCCN(CC)C1. The van der Waals surface area contributed by atoms with Crippen molar-refractivity contribution in [3.63, 3.8) is 0 Å². The van der Waals surface area contributed by atoms with E-state index in [0.29, 0.717) is 6.04 Å². The van der Waals surface area contributed by atoms with Gasteiger partial charge in [0.05, 0.1) is 0 Å². The largest absolute Gasteiger partial charge is 0.356 e. The summed E-state index contributed by atoms with van der Waals surface area (Å²) in [6.45, 7) is 11.5. The molecule has 2 unspecified atom stereocenters. The number of nitrogens with zero attached hydrogens (tertiary/aromatic N) is 2. The third-order valence-corrected chi connectivity index (χ3v) is 4.71. The van der Waals surface area contributed by atoms with Crippen molar-refractivity contribution in [3.8, 4) is 0 Å². The van der Waals surface area contributed by atoms with Gasteiger partial charge < -0.3 is 15.5 Å². The van der Waals surface area contributed by atoms with Crippen LogP contribution in [0.4, 0.5) is 0 Å². The van der Waals surface area contributed by atoms with E-state index < -0.39 is 0 Å². The minimum absolute atomic E-state index is 0.501. The first-order valence-corrected chi connectivity index (χ1v) is 9.39. The van der Waals surface area contributed by atoms with Gasteiger partial charge in [0.1, 0.15) is 0 Å². The quantitative estimate of drug-likeness (QED) is 0.390. The summed E-state index contributed by atoms with van der Waals surface area (Å²) in [5.41, 5.74) is 0. The Balaban J connectivity index is 2.21. The van der Waals surface area contributed by atoms with Crippen molar-refractivity contribution >= 4 is 5.96 Å². The minimum Gasteiger partial charge on any atom is -0.356 e. The molecule has 1 heterocycles. The Labute approximate surface area is 138 Å². The highest BCUT2D eigenvalue weighted by Gasteiger charge is 2.18. The highest BCUT2D eigenvalue weighted by molar-refractivity contribution is 5.79. The Bertz CT molecular complexity index is 303. The number of aliphatic imine (C=N–C) groups is 1. The topological polar surface area (TPSA) is 39.7 Å². The van der Waals surface area contributed by atoms with Gasteiger partial charge in [-0.05, 0) is 45.2 Å². The van der Waals surface area contributed by atoms with Crippen LogP contribution in [0.3, 0.4) is 0 Å². The number of piperidine rings is 1. The normalized spacial score (nSPS) is 21.6. The second-order valence-electron chi connectivity index (χ2n) is 6.75. The maximum absolute atomic E-state index is 4.38. The van der Waals surface area contributed by atoms with Crippen molar-refractivity contribution in [2.45, 2.75) is 71.8 Å². The Morgan fingerprint density at radius 3 is 2.77 bits per heavy atom. The Kier molecular flexibility index (Phi) is 10.3. The third-order valence-electron chi connectivity index (χ3n) is 4.71. The molecule has 22 heavy (non-hydrogen) atoms. The second kappa shape index (κ2) is 11.8. The number of hydrogen-bond acceptors (Lipinski definition) is 2. The van der Waals surface area contributed by atoms with Gasteiger partial charge in [0.2, 0.25) is 0 Å². The highest BCUT2D eigenvalue weighted by Crippen LogP contribution is 2.15. The average molecular weight is 311 g/mol. The van der Waals surface area contributed by atoms with Gasteiger partial charge >= 0.3 is 0 Å². The first-order valence-electron chi connectivity index (χ1n) is 9.39. The molecule has 0 spiro atoms. The van der Waals surface area contributed by atoms with Crippen molar-refractivity contribution in [2.24, 2.45) is 10.9 Å². The lowest BCUT2D eigenvalue weighted by atomic mass is 9.98. The molecule has 0 bridgehead atoms. The standard InChI is InChI=1S/C18H38N4/c1-5-7-8-9-11-16(3)21-18(19-4)20-14-17-12-10-13-22(6-2)15-17/h16-17H,5-15H2,1-4H3,(H2,19,20,21). The van der Waals surface area contributed by atoms with E-state index >= 15 is 0 Å². The lowest BCUT2D eigenvalue weighted by Crippen LogP contribution is -2.46. The third kappa shape index (κ3) is 8.02. The second-order valence-corrected chi connectivity index (χ2v) is 6.75. The summed E-state index contributed by atoms with van der Waals surface area (Å²) in [6.07, 6.45) is 9.23. The molecule has 1 fully saturated rings. The summed E-state index contributed by atoms with van der Waals surface area (Å²) in [5, 5.41) is 7.06. The van der Waals surface area contributed by atoms with E-state index in [-0.39, 0.29) is 0 Å². The van der Waals surface area contributed by atoms with E-state index in [1.54, 1.807) is 0 Å². The lowest BCUT2D eigenvalue weighted by molar-refractivity contribution is 0.183. The van der Waals surface area contributed by atoms with E-state index in [1.165, 1.54) is 64.6 Å². The fraction of sp³-hybridized carbons (Fsp3) is 0.944. The van der Waals surface area contributed by atoms with E-state index in [9.17, 15) is 0 Å². The molecule has 130 valence electrons. The van der Waals surface area contributed by atoms with E-state index in [0.717, 1.165) is 18.4 Å². The molecule has 4 nitrogen and oxygen atoms in total. The molecule has 0 saturated carbocycles. The summed E-state index contributed by atoms with van der Waals surface area (Å²) in [5.74, 6) is 1.73. The molecule has 4 heteroatoms. The fourth-order valence-corrected chi connectivity index (χ4v) is 3.22. The van der Waals surface area contributed by atoms with Crippen LogP contribution in [0, 0.1) is 5.92 Å². The molecule has 1 aliphatic rings. The predicted octanol–water partition coefficient (Wildman–Crippen LogP) is 3.24. The maximum atomic E-state index is 4.38. The molecular formula is C18H38N4. The summed E-state index contributed by atoms with van der Waals surface area (Å²) in [7, 11) is 1.87. The molecule has 0 aromatic heterocycles. The van der Waals surface area contributed by atoms with Crippen molar-refractivity contribution in [2.75, 3.05) is 33.2 Å². The Morgan fingerprint density at radius 1 is 1.27 bits per heavy atom. The summed E-state index contributed by atoms with van der Waals surface area (Å²) >= 11 is 0. The molecule has 1 aliphatic heterocycles. The number of nitrogens with one attached hydrogen (secondary N) is 2. The van der Waals surface area contributed by atoms with Crippen molar-refractivity contribution in [1.82, 2.24) is 15.5 Å². The monoisotopic (exact) mass is 310 g/mol. The molecule has 2 atom stereocenters. The van der Waals surface area contributed by atoms with Crippen LogP contribution in [-0.4, -0.2) is 50.1 Å². The number of hydrogen-bond donors (Lipinski definition) is 2. The van der Waals surface area contributed by atoms with Gasteiger partial charge in [-0.2, -0.15) is 0 Å². The van der Waals surface area contributed by atoms with Gasteiger partial charge in [-0.1, -0.05) is 39.5 Å². The molecule has 0 amide bonds. The number of rotatable bonds is 9. The van der Waals surface area contributed by atoms with Crippen molar-refractivity contribution in [3.05, 3.63) is 0 Å². The Morgan fingerprint density at radius 2 is 2.09 bits per heavy atom. The van der Waals surface area contributed by atoms with Crippen LogP contribution >= 0.6 is 0 Å². The fourth-order valence-electron chi connectivity index (χ4n) is 3.22. The Hall–Kier alpha value is -0.770. The van der Waals surface area contributed by atoms with Crippen LogP contribution in [-0.2, 0) is 0 Å². The van der Waals surface area contributed by atoms with E-state index in [2.05, 4.69) is 41.3 Å². The molecule has 0 aromatic rings. The maximum Gasteiger partial charge on any atom is 0.191 e. The number of guanidine groups is 1. The molecule has 1 saturated heterocycles. The smallest absolute Gasteiger partial charge is 0.191 e. The molecule has 1 rings (SSSR count).